The maximum absolute atomic E-state index is 10.4. The topological polar surface area (TPSA) is 35.5 Å². The van der Waals surface area contributed by atoms with Gasteiger partial charge in [-0.1, -0.05) is 6.92 Å². The minimum Gasteiger partial charge on any atom is -0.463 e. The lowest BCUT2D eigenvalue weighted by atomic mass is 10.5. The first kappa shape index (κ1) is 8.43. The van der Waals surface area contributed by atoms with Crippen LogP contribution in [0.3, 0.4) is 0 Å². The predicted molar refractivity (Wildman–Crippen MR) is 32.6 cm³/mol. The minimum absolute atomic E-state index is 0.202. The molecule has 0 spiro atoms. The van der Waals surface area contributed by atoms with E-state index in [0.29, 0.717) is 19.6 Å². The van der Waals surface area contributed by atoms with Gasteiger partial charge >= 0.3 is 5.97 Å². The van der Waals surface area contributed by atoms with Crippen molar-refractivity contribution in [3.63, 3.8) is 0 Å². The minimum atomic E-state index is -0.202. The zero-order chi connectivity index (χ0) is 7.11. The van der Waals surface area contributed by atoms with E-state index in [9.17, 15) is 4.79 Å². The molecule has 9 heavy (non-hydrogen) atoms. The van der Waals surface area contributed by atoms with Crippen LogP contribution >= 0.6 is 0 Å². The molecule has 0 aliphatic rings. The zero-order valence-corrected chi connectivity index (χ0v) is 5.55. The van der Waals surface area contributed by atoms with E-state index in [-0.39, 0.29) is 5.97 Å². The van der Waals surface area contributed by atoms with E-state index in [1.807, 2.05) is 0 Å². The smallest absolute Gasteiger partial charge is 0.305 e. The third-order valence-electron chi connectivity index (χ3n) is 0.779. The molecule has 0 aromatic carbocycles. The summed E-state index contributed by atoms with van der Waals surface area (Å²) in [5.41, 5.74) is 0. The van der Waals surface area contributed by atoms with E-state index >= 15 is 0 Å². The Morgan fingerprint density at radius 1 is 1.56 bits per heavy atom. The van der Waals surface area contributed by atoms with Crippen molar-refractivity contribution in [3.05, 3.63) is 7.11 Å². The maximum atomic E-state index is 10.4. The van der Waals surface area contributed by atoms with E-state index < -0.39 is 0 Å². The molecule has 0 aliphatic carbocycles. The average molecular weight is 131 g/mol. The van der Waals surface area contributed by atoms with Crippen LogP contribution in [-0.2, 0) is 14.3 Å². The van der Waals surface area contributed by atoms with Crippen molar-refractivity contribution in [2.24, 2.45) is 0 Å². The lowest BCUT2D eigenvalue weighted by Crippen LogP contribution is -2.07. The van der Waals surface area contributed by atoms with Gasteiger partial charge in [0.2, 0.25) is 0 Å². The summed E-state index contributed by atoms with van der Waals surface area (Å²) >= 11 is 0. The van der Waals surface area contributed by atoms with Gasteiger partial charge in [-0.25, -0.2) is 0 Å². The molecule has 3 nitrogen and oxygen atoms in total. The van der Waals surface area contributed by atoms with Crippen LogP contribution in [0.4, 0.5) is 0 Å². The number of hydrogen-bond donors (Lipinski definition) is 0. The third-order valence-corrected chi connectivity index (χ3v) is 0.779. The second-order valence-corrected chi connectivity index (χ2v) is 1.48. The van der Waals surface area contributed by atoms with Crippen molar-refractivity contribution in [2.45, 2.75) is 13.3 Å². The Hall–Kier alpha value is -0.570. The van der Waals surface area contributed by atoms with Crippen LogP contribution in [0.1, 0.15) is 13.3 Å². The highest BCUT2D eigenvalue weighted by Gasteiger charge is 1.94. The van der Waals surface area contributed by atoms with Gasteiger partial charge in [-0.2, -0.15) is 0 Å². The SMILES string of the molecule is [CH2]OCCOC(=O)CC. The zero-order valence-electron chi connectivity index (χ0n) is 5.55. The normalized spacial score (nSPS) is 9.11. The van der Waals surface area contributed by atoms with Crippen LogP contribution in [0, 0.1) is 7.11 Å². The van der Waals surface area contributed by atoms with Crippen molar-refractivity contribution in [1.82, 2.24) is 0 Å². The number of hydrogen-bond acceptors (Lipinski definition) is 3. The van der Waals surface area contributed by atoms with Crippen LogP contribution in [0.5, 0.6) is 0 Å². The van der Waals surface area contributed by atoms with Gasteiger partial charge in [0.25, 0.3) is 0 Å². The second kappa shape index (κ2) is 5.56. The first-order valence-electron chi connectivity index (χ1n) is 2.83. The summed E-state index contributed by atoms with van der Waals surface area (Å²) < 4.78 is 9.04. The lowest BCUT2D eigenvalue weighted by Gasteiger charge is -1.99. The first-order chi connectivity index (χ1) is 4.31. The van der Waals surface area contributed by atoms with E-state index in [1.54, 1.807) is 6.92 Å². The first-order valence-corrected chi connectivity index (χ1v) is 2.83. The van der Waals surface area contributed by atoms with Crippen LogP contribution in [0.25, 0.3) is 0 Å². The molecule has 0 bridgehead atoms. The summed E-state index contributed by atoms with van der Waals surface area (Å²) in [4.78, 5) is 10.4. The second-order valence-electron chi connectivity index (χ2n) is 1.48. The molecule has 0 aromatic heterocycles. The highest BCUT2D eigenvalue weighted by molar-refractivity contribution is 5.68. The van der Waals surface area contributed by atoms with Crippen LogP contribution < -0.4 is 0 Å². The summed E-state index contributed by atoms with van der Waals surface area (Å²) in [7, 11) is 3.12. The summed E-state index contributed by atoms with van der Waals surface area (Å²) in [6.45, 7) is 2.41. The molecule has 0 aliphatic heterocycles. The molecule has 0 heterocycles. The molecular weight excluding hydrogens is 120 g/mol. The van der Waals surface area contributed by atoms with Gasteiger partial charge in [0.15, 0.2) is 0 Å². The number of carbonyl (C=O) groups is 1. The fourth-order valence-electron chi connectivity index (χ4n) is 0.316. The Labute approximate surface area is 55.0 Å². The van der Waals surface area contributed by atoms with Gasteiger partial charge in [0.1, 0.15) is 6.61 Å². The fraction of sp³-hybridized carbons (Fsp3) is 0.667. The Morgan fingerprint density at radius 2 is 2.22 bits per heavy atom. The molecule has 0 fully saturated rings. The van der Waals surface area contributed by atoms with Gasteiger partial charge < -0.3 is 9.47 Å². The van der Waals surface area contributed by atoms with Crippen molar-refractivity contribution >= 4 is 5.97 Å². The predicted octanol–water partition coefficient (Wildman–Crippen LogP) is 0.748. The molecule has 0 unspecified atom stereocenters. The molecule has 0 amide bonds. The Kier molecular flexibility index (Phi) is 5.21. The molecule has 0 atom stereocenters. The van der Waals surface area contributed by atoms with E-state index in [1.165, 1.54) is 0 Å². The quantitative estimate of drug-likeness (QED) is 0.417. The van der Waals surface area contributed by atoms with E-state index in [0.717, 1.165) is 0 Å². The Bertz CT molecular complexity index is 80.4. The van der Waals surface area contributed by atoms with Gasteiger partial charge in [0, 0.05) is 6.42 Å². The Balaban J connectivity index is 2.97. The summed E-state index contributed by atoms with van der Waals surface area (Å²) in [5.74, 6) is -0.202. The molecule has 1 radical (unpaired) electrons. The molecule has 53 valence electrons. The van der Waals surface area contributed by atoms with Gasteiger partial charge in [-0.15, -0.1) is 0 Å². The Morgan fingerprint density at radius 3 is 2.67 bits per heavy atom. The number of ether oxygens (including phenoxy) is 2. The fourth-order valence-corrected chi connectivity index (χ4v) is 0.316. The maximum Gasteiger partial charge on any atom is 0.305 e. The van der Waals surface area contributed by atoms with Gasteiger partial charge in [-0.05, 0) is 0 Å². The molecule has 0 rings (SSSR count). The van der Waals surface area contributed by atoms with Gasteiger partial charge in [0.05, 0.1) is 13.7 Å². The van der Waals surface area contributed by atoms with Crippen LogP contribution in [-0.4, -0.2) is 19.2 Å². The largest absolute Gasteiger partial charge is 0.463 e. The summed E-state index contributed by atoms with van der Waals surface area (Å²) in [6.07, 6.45) is 0.414. The third kappa shape index (κ3) is 5.30. The molecular formula is C6H11O3. The van der Waals surface area contributed by atoms with Crippen LogP contribution in [0.15, 0.2) is 0 Å². The lowest BCUT2D eigenvalue weighted by molar-refractivity contribution is -0.144. The van der Waals surface area contributed by atoms with Crippen LogP contribution in [0.2, 0.25) is 0 Å². The number of esters is 1. The van der Waals surface area contributed by atoms with E-state index in [4.69, 9.17) is 0 Å². The summed E-state index contributed by atoms with van der Waals surface area (Å²) in [5, 5.41) is 0. The number of rotatable bonds is 4. The standard InChI is InChI=1S/C6H11O3/c1-3-6(7)9-5-4-8-2/h2-5H2,1H3. The van der Waals surface area contributed by atoms with E-state index in [2.05, 4.69) is 16.6 Å². The monoisotopic (exact) mass is 131 g/mol. The van der Waals surface area contributed by atoms with Gasteiger partial charge in [-0.3, -0.25) is 4.79 Å². The van der Waals surface area contributed by atoms with Crippen molar-refractivity contribution < 1.29 is 14.3 Å². The highest BCUT2D eigenvalue weighted by atomic mass is 16.6. The highest BCUT2D eigenvalue weighted by Crippen LogP contribution is 1.83. The molecule has 0 aromatic rings. The average Bonchev–Trinajstić information content (AvgIpc) is 1.89. The molecule has 0 saturated heterocycles. The number of carbonyl (C=O) groups excluding carboxylic acids is 1. The van der Waals surface area contributed by atoms with Crippen molar-refractivity contribution in [3.8, 4) is 0 Å². The van der Waals surface area contributed by atoms with Crippen molar-refractivity contribution in [1.29, 1.82) is 0 Å². The summed E-state index contributed by atoms with van der Waals surface area (Å²) in [6, 6.07) is 0. The molecule has 0 N–H and O–H groups in total. The molecule has 0 saturated carbocycles. The molecule has 3 heteroatoms. The van der Waals surface area contributed by atoms with Crippen molar-refractivity contribution in [2.75, 3.05) is 13.2 Å².